The minimum atomic E-state index is 0.480. The monoisotopic (exact) mass is 272 g/mol. The molecule has 0 N–H and O–H groups in total. The largest absolute Gasteiger partial charge is 0.251 e. The van der Waals surface area contributed by atoms with Crippen LogP contribution in [0.5, 0.6) is 0 Å². The van der Waals surface area contributed by atoms with Gasteiger partial charge in [-0.2, -0.15) is 0 Å². The minimum absolute atomic E-state index is 0.480. The van der Waals surface area contributed by atoms with Crippen molar-refractivity contribution in [2.75, 3.05) is 0 Å². The predicted molar refractivity (Wildman–Crippen MR) is 80.9 cm³/mol. The van der Waals surface area contributed by atoms with Crippen molar-refractivity contribution in [3.63, 3.8) is 0 Å². The molecule has 0 bridgehead atoms. The molecule has 2 heterocycles. The number of pyridine rings is 1. The Hall–Kier alpha value is -1.22. The van der Waals surface area contributed by atoms with Gasteiger partial charge in [0, 0.05) is 11.6 Å². The summed E-state index contributed by atoms with van der Waals surface area (Å²) < 4.78 is 0. The van der Waals surface area contributed by atoms with Gasteiger partial charge in [0.2, 0.25) is 0 Å². The summed E-state index contributed by atoms with van der Waals surface area (Å²) in [6.45, 7) is 8.82. The van der Waals surface area contributed by atoms with Crippen LogP contribution < -0.4 is 0 Å². The number of hydrogen-bond acceptors (Lipinski definition) is 3. The number of hydrogen-bond donors (Lipinski definition) is 0. The highest BCUT2D eigenvalue weighted by atomic mass is 32.1. The summed E-state index contributed by atoms with van der Waals surface area (Å²) in [4.78, 5) is 11.0. The Kier molecular flexibility index (Phi) is 3.17. The fourth-order valence-electron chi connectivity index (χ4n) is 2.45. The van der Waals surface area contributed by atoms with Gasteiger partial charge in [-0.25, -0.2) is 4.98 Å². The number of fused-ring (bicyclic) bond motifs is 3. The molecule has 3 rings (SSSR count). The third-order valence-corrected chi connectivity index (χ3v) is 5.05. The Balaban J connectivity index is 2.13. The first-order chi connectivity index (χ1) is 9.06. The lowest BCUT2D eigenvalue weighted by molar-refractivity contribution is 0.805. The molecule has 0 aromatic carbocycles. The maximum atomic E-state index is 4.90. The molecule has 2 aromatic rings. The molecule has 1 aliphatic carbocycles. The molecule has 0 fully saturated rings. The number of aromatic nitrogens is 2. The van der Waals surface area contributed by atoms with E-state index >= 15 is 0 Å². The molecule has 2 nitrogen and oxygen atoms in total. The topological polar surface area (TPSA) is 25.8 Å². The zero-order valence-corrected chi connectivity index (χ0v) is 12.8. The van der Waals surface area contributed by atoms with Gasteiger partial charge in [-0.15, -0.1) is 11.3 Å². The molecule has 0 radical (unpaired) electrons. The minimum Gasteiger partial charge on any atom is -0.251 e. The van der Waals surface area contributed by atoms with Crippen LogP contribution in [0.25, 0.3) is 10.6 Å². The lowest BCUT2D eigenvalue weighted by Gasteiger charge is -2.16. The second-order valence-electron chi connectivity index (χ2n) is 5.88. The van der Waals surface area contributed by atoms with E-state index in [-0.39, 0.29) is 0 Å². The van der Waals surface area contributed by atoms with Crippen LogP contribution in [0, 0.1) is 0 Å². The highest BCUT2D eigenvalue weighted by Gasteiger charge is 2.23. The van der Waals surface area contributed by atoms with Gasteiger partial charge in [0.15, 0.2) is 0 Å². The first-order valence-corrected chi connectivity index (χ1v) is 7.87. The molecule has 2 aromatic heterocycles. The van der Waals surface area contributed by atoms with Crippen molar-refractivity contribution < 1.29 is 0 Å². The first-order valence-electron chi connectivity index (χ1n) is 7.06. The molecule has 3 heteroatoms. The second-order valence-corrected chi connectivity index (χ2v) is 6.91. The summed E-state index contributed by atoms with van der Waals surface area (Å²) in [6, 6.07) is 4.44. The molecule has 1 aliphatic rings. The average Bonchev–Trinajstić information content (AvgIpc) is 2.82. The van der Waals surface area contributed by atoms with Crippen molar-refractivity contribution in [1.82, 2.24) is 9.97 Å². The number of thiazole rings is 1. The maximum Gasteiger partial charge on any atom is 0.0960 e. The average molecular weight is 272 g/mol. The molecule has 0 amide bonds. The quantitative estimate of drug-likeness (QED) is 0.801. The van der Waals surface area contributed by atoms with Crippen LogP contribution in [-0.2, 0) is 12.8 Å². The third-order valence-electron chi connectivity index (χ3n) is 3.65. The van der Waals surface area contributed by atoms with Gasteiger partial charge in [0.1, 0.15) is 0 Å². The zero-order valence-electron chi connectivity index (χ0n) is 12.0. The molecule has 19 heavy (non-hydrogen) atoms. The van der Waals surface area contributed by atoms with Crippen molar-refractivity contribution in [1.29, 1.82) is 0 Å². The van der Waals surface area contributed by atoms with Crippen LogP contribution >= 0.6 is 11.3 Å². The summed E-state index contributed by atoms with van der Waals surface area (Å²) in [6.07, 6.45) is 2.14. The first kappa shape index (κ1) is 12.8. The Morgan fingerprint density at radius 2 is 1.79 bits per heavy atom. The smallest absolute Gasteiger partial charge is 0.0960 e. The van der Waals surface area contributed by atoms with Gasteiger partial charge in [-0.05, 0) is 30.4 Å². The lowest BCUT2D eigenvalue weighted by atomic mass is 9.96. The summed E-state index contributed by atoms with van der Waals surface area (Å²) >= 11 is 1.83. The van der Waals surface area contributed by atoms with Crippen LogP contribution in [-0.4, -0.2) is 9.97 Å². The number of rotatable bonds is 2. The Labute approximate surface area is 118 Å². The fourth-order valence-corrected chi connectivity index (χ4v) is 3.59. The molecular formula is C16H20N2S. The molecule has 0 saturated carbocycles. The van der Waals surface area contributed by atoms with E-state index in [1.807, 2.05) is 11.3 Å². The molecule has 0 saturated heterocycles. The predicted octanol–water partition coefficient (Wildman–Crippen LogP) is 4.55. The Morgan fingerprint density at radius 1 is 1.00 bits per heavy atom. The molecule has 0 unspecified atom stereocenters. The summed E-state index contributed by atoms with van der Waals surface area (Å²) in [7, 11) is 0. The van der Waals surface area contributed by atoms with Crippen LogP contribution in [0.2, 0.25) is 0 Å². The van der Waals surface area contributed by atoms with Crippen LogP contribution in [0.3, 0.4) is 0 Å². The van der Waals surface area contributed by atoms with Crippen molar-refractivity contribution in [2.45, 2.75) is 52.4 Å². The SMILES string of the molecule is CC(C)c1ccc2c(n1)-c1sc(C(C)C)nc1CC2. The molecular weight excluding hydrogens is 252 g/mol. The van der Waals surface area contributed by atoms with E-state index in [2.05, 4.69) is 39.8 Å². The highest BCUT2D eigenvalue weighted by molar-refractivity contribution is 7.15. The molecule has 100 valence electrons. The summed E-state index contributed by atoms with van der Waals surface area (Å²) in [5.41, 5.74) is 5.02. The van der Waals surface area contributed by atoms with Gasteiger partial charge < -0.3 is 0 Å². The normalized spacial score (nSPS) is 13.8. The fraction of sp³-hybridized carbons (Fsp3) is 0.500. The van der Waals surface area contributed by atoms with Gasteiger partial charge >= 0.3 is 0 Å². The Bertz CT molecular complexity index is 611. The van der Waals surface area contributed by atoms with Crippen LogP contribution in [0.4, 0.5) is 0 Å². The van der Waals surface area contributed by atoms with E-state index in [4.69, 9.17) is 9.97 Å². The summed E-state index contributed by atoms with van der Waals surface area (Å²) in [5.74, 6) is 0.987. The van der Waals surface area contributed by atoms with Gasteiger partial charge in [-0.1, -0.05) is 33.8 Å². The standard InChI is InChI=1S/C16H20N2S/c1-9(2)12-7-5-11-6-8-13-15(14(11)17-12)19-16(18-13)10(3)4/h5,7,9-10H,6,8H2,1-4H3. The van der Waals surface area contributed by atoms with E-state index in [9.17, 15) is 0 Å². The van der Waals surface area contributed by atoms with Gasteiger partial charge in [0.25, 0.3) is 0 Å². The Morgan fingerprint density at radius 3 is 2.47 bits per heavy atom. The van der Waals surface area contributed by atoms with E-state index in [1.165, 1.54) is 32.5 Å². The number of nitrogens with zero attached hydrogens (tertiary/aromatic N) is 2. The van der Waals surface area contributed by atoms with Crippen molar-refractivity contribution in [3.8, 4) is 10.6 Å². The second kappa shape index (κ2) is 4.71. The van der Waals surface area contributed by atoms with Gasteiger partial charge in [-0.3, -0.25) is 4.98 Å². The van der Waals surface area contributed by atoms with Crippen molar-refractivity contribution >= 4 is 11.3 Å². The van der Waals surface area contributed by atoms with Crippen LogP contribution in [0.1, 0.15) is 61.5 Å². The van der Waals surface area contributed by atoms with Crippen molar-refractivity contribution in [2.24, 2.45) is 0 Å². The molecule has 0 atom stereocenters. The number of aryl methyl sites for hydroxylation is 2. The highest BCUT2D eigenvalue weighted by Crippen LogP contribution is 2.38. The molecule has 0 spiro atoms. The van der Waals surface area contributed by atoms with E-state index in [1.54, 1.807) is 0 Å². The van der Waals surface area contributed by atoms with E-state index in [0.29, 0.717) is 11.8 Å². The van der Waals surface area contributed by atoms with E-state index < -0.39 is 0 Å². The maximum absolute atomic E-state index is 4.90. The van der Waals surface area contributed by atoms with Gasteiger partial charge in [0.05, 0.1) is 21.3 Å². The van der Waals surface area contributed by atoms with Crippen molar-refractivity contribution in [3.05, 3.63) is 34.1 Å². The van der Waals surface area contributed by atoms with Crippen LogP contribution in [0.15, 0.2) is 12.1 Å². The molecule has 0 aliphatic heterocycles. The van der Waals surface area contributed by atoms with E-state index in [0.717, 1.165) is 12.8 Å². The third kappa shape index (κ3) is 2.20. The summed E-state index contributed by atoms with van der Waals surface area (Å²) in [5, 5.41) is 1.25. The lowest BCUT2D eigenvalue weighted by Crippen LogP contribution is -2.06. The zero-order chi connectivity index (χ0) is 13.6.